The van der Waals surface area contributed by atoms with Gasteiger partial charge in [-0.3, -0.25) is 0 Å². The quantitative estimate of drug-likeness (QED) is 0.835. The maximum atomic E-state index is 12.4. The van der Waals surface area contributed by atoms with Gasteiger partial charge in [0.2, 0.25) is 0 Å². The van der Waals surface area contributed by atoms with Crippen molar-refractivity contribution < 1.29 is 28.2 Å². The van der Waals surface area contributed by atoms with E-state index in [0.29, 0.717) is 0 Å². The summed E-state index contributed by atoms with van der Waals surface area (Å²) in [6, 6.07) is 0. The molecule has 7 heteroatoms. The number of nitrogens with zero attached hydrogens (tertiary/aromatic N) is 1. The van der Waals surface area contributed by atoms with Crippen molar-refractivity contribution in [3.8, 4) is 0 Å². The second kappa shape index (κ2) is 4.56. The number of aliphatic hydroxyl groups excluding tert-OH is 1. The highest BCUT2D eigenvalue weighted by molar-refractivity contribution is 5.89. The summed E-state index contributed by atoms with van der Waals surface area (Å²) in [4.78, 5) is 10.6. The van der Waals surface area contributed by atoms with Crippen LogP contribution < -0.4 is 0 Å². The van der Waals surface area contributed by atoms with Crippen LogP contribution in [0.15, 0.2) is 12.4 Å². The smallest absolute Gasteiger partial charge is 0.418 e. The Morgan fingerprint density at radius 1 is 1.38 bits per heavy atom. The van der Waals surface area contributed by atoms with Crippen LogP contribution in [0.4, 0.5) is 13.2 Å². The van der Waals surface area contributed by atoms with Crippen molar-refractivity contribution in [3.63, 3.8) is 0 Å². The number of carboxylic acids is 1. The van der Waals surface area contributed by atoms with E-state index in [1.54, 1.807) is 0 Å². The average Bonchev–Trinajstić information content (AvgIpc) is 2.58. The molecule has 4 nitrogen and oxygen atoms in total. The molecule has 90 valence electrons. The number of carboxylic acid groups (broad SMARTS) is 1. The fourth-order valence-electron chi connectivity index (χ4n) is 1.29. The Hall–Kier alpha value is -1.50. The molecule has 1 aromatic heterocycles. The number of hydrogen-bond acceptors (Lipinski definition) is 2. The highest BCUT2D eigenvalue weighted by Crippen LogP contribution is 2.32. The minimum absolute atomic E-state index is 0.146. The second-order valence-corrected chi connectivity index (χ2v) is 3.20. The van der Waals surface area contributed by atoms with Crippen LogP contribution in [0.1, 0.15) is 22.3 Å². The van der Waals surface area contributed by atoms with Crippen molar-refractivity contribution in [2.45, 2.75) is 19.1 Å². The predicted octanol–water partition coefficient (Wildman–Crippen LogP) is 1.59. The zero-order valence-electron chi connectivity index (χ0n) is 8.16. The summed E-state index contributed by atoms with van der Waals surface area (Å²) in [5.74, 6) is -1.62. The van der Waals surface area contributed by atoms with Crippen molar-refractivity contribution in [2.24, 2.45) is 0 Å². The normalized spacial score (nSPS) is 11.8. The molecule has 1 aromatic rings. The van der Waals surface area contributed by atoms with Gasteiger partial charge in [-0.25, -0.2) is 4.79 Å². The maximum absolute atomic E-state index is 12.4. The van der Waals surface area contributed by atoms with Crippen LogP contribution in [0, 0.1) is 0 Å². The molecule has 0 aliphatic carbocycles. The lowest BCUT2D eigenvalue weighted by Crippen LogP contribution is -2.09. The topological polar surface area (TPSA) is 62.5 Å². The summed E-state index contributed by atoms with van der Waals surface area (Å²) in [6.07, 6.45) is -2.76. The molecule has 0 atom stereocenters. The van der Waals surface area contributed by atoms with Crippen molar-refractivity contribution in [3.05, 3.63) is 23.5 Å². The first-order valence-electron chi connectivity index (χ1n) is 4.47. The van der Waals surface area contributed by atoms with Gasteiger partial charge in [-0.1, -0.05) is 0 Å². The third-order valence-corrected chi connectivity index (χ3v) is 1.99. The van der Waals surface area contributed by atoms with E-state index < -0.39 is 23.3 Å². The van der Waals surface area contributed by atoms with Gasteiger partial charge in [-0.05, 0) is 6.42 Å². The van der Waals surface area contributed by atoms with Crippen LogP contribution in [0.3, 0.4) is 0 Å². The van der Waals surface area contributed by atoms with Gasteiger partial charge in [-0.2, -0.15) is 13.2 Å². The highest BCUT2D eigenvalue weighted by Gasteiger charge is 2.36. The Labute approximate surface area is 88.9 Å². The summed E-state index contributed by atoms with van der Waals surface area (Å²) in [6.45, 7) is -0.0191. The summed E-state index contributed by atoms with van der Waals surface area (Å²) in [5.41, 5.74) is -1.94. The molecule has 1 rings (SSSR count). The summed E-state index contributed by atoms with van der Waals surface area (Å²) in [5, 5.41) is 17.1. The third-order valence-electron chi connectivity index (χ3n) is 1.99. The molecule has 0 bridgehead atoms. The van der Waals surface area contributed by atoms with E-state index in [-0.39, 0.29) is 19.6 Å². The van der Waals surface area contributed by atoms with E-state index in [0.717, 1.165) is 17.0 Å². The van der Waals surface area contributed by atoms with Crippen LogP contribution >= 0.6 is 0 Å². The molecule has 0 spiro atoms. The predicted molar refractivity (Wildman–Crippen MR) is 48.1 cm³/mol. The third kappa shape index (κ3) is 2.75. The van der Waals surface area contributed by atoms with Crippen LogP contribution in [-0.2, 0) is 12.7 Å². The molecule has 0 fully saturated rings. The molecular formula is C9H10F3NO3. The van der Waals surface area contributed by atoms with Crippen molar-refractivity contribution in [1.29, 1.82) is 0 Å². The highest BCUT2D eigenvalue weighted by atomic mass is 19.4. The van der Waals surface area contributed by atoms with Crippen LogP contribution in [0.2, 0.25) is 0 Å². The fourth-order valence-corrected chi connectivity index (χ4v) is 1.29. The first-order valence-corrected chi connectivity index (χ1v) is 4.47. The first kappa shape index (κ1) is 12.6. The molecule has 0 aliphatic rings. The van der Waals surface area contributed by atoms with E-state index in [1.165, 1.54) is 0 Å². The number of carbonyl (C=O) groups is 1. The van der Waals surface area contributed by atoms with Gasteiger partial charge in [-0.15, -0.1) is 0 Å². The molecular weight excluding hydrogens is 227 g/mol. The maximum Gasteiger partial charge on any atom is 0.418 e. The van der Waals surface area contributed by atoms with E-state index in [2.05, 4.69) is 0 Å². The SMILES string of the molecule is O=C(O)c1cn(CCCO)cc1C(F)(F)F. The average molecular weight is 237 g/mol. The van der Waals surface area contributed by atoms with Gasteiger partial charge in [0.05, 0.1) is 11.1 Å². The number of halogens is 3. The van der Waals surface area contributed by atoms with E-state index in [4.69, 9.17) is 10.2 Å². The zero-order valence-corrected chi connectivity index (χ0v) is 8.16. The standard InChI is InChI=1S/C9H10F3NO3/c10-9(11,12)7-5-13(2-1-3-14)4-6(7)8(15)16/h4-5,14H,1-3H2,(H,15,16). The molecule has 16 heavy (non-hydrogen) atoms. The van der Waals surface area contributed by atoms with Crippen LogP contribution in [0.5, 0.6) is 0 Å². The van der Waals surface area contributed by atoms with Crippen LogP contribution in [-0.4, -0.2) is 27.4 Å². The van der Waals surface area contributed by atoms with Gasteiger partial charge in [0.15, 0.2) is 0 Å². The number of aromatic nitrogens is 1. The van der Waals surface area contributed by atoms with Crippen molar-refractivity contribution in [2.75, 3.05) is 6.61 Å². The molecule has 0 radical (unpaired) electrons. The number of aromatic carboxylic acids is 1. The van der Waals surface area contributed by atoms with Crippen LogP contribution in [0.25, 0.3) is 0 Å². The van der Waals surface area contributed by atoms with Crippen molar-refractivity contribution in [1.82, 2.24) is 4.57 Å². The molecule has 0 saturated heterocycles. The number of rotatable bonds is 4. The largest absolute Gasteiger partial charge is 0.478 e. The molecule has 0 saturated carbocycles. The van der Waals surface area contributed by atoms with Gasteiger partial charge in [0, 0.05) is 25.5 Å². The first-order chi connectivity index (χ1) is 7.36. The monoisotopic (exact) mass is 237 g/mol. The van der Waals surface area contributed by atoms with E-state index >= 15 is 0 Å². The Morgan fingerprint density at radius 2 is 2.00 bits per heavy atom. The summed E-state index contributed by atoms with van der Waals surface area (Å²) in [7, 11) is 0. The van der Waals surface area contributed by atoms with Gasteiger partial charge < -0.3 is 14.8 Å². The Kier molecular flexibility index (Phi) is 3.58. The number of hydrogen-bond donors (Lipinski definition) is 2. The number of aliphatic hydroxyl groups is 1. The lowest BCUT2D eigenvalue weighted by molar-refractivity contribution is -0.138. The Balaban J connectivity index is 3.06. The minimum atomic E-state index is -4.68. The molecule has 0 aromatic carbocycles. The molecule has 0 amide bonds. The number of aryl methyl sites for hydroxylation is 1. The number of alkyl halides is 3. The molecule has 0 unspecified atom stereocenters. The van der Waals surface area contributed by atoms with E-state index in [9.17, 15) is 18.0 Å². The zero-order chi connectivity index (χ0) is 12.3. The second-order valence-electron chi connectivity index (χ2n) is 3.20. The molecule has 2 N–H and O–H groups in total. The summed E-state index contributed by atoms with van der Waals surface area (Å²) < 4.78 is 38.4. The lowest BCUT2D eigenvalue weighted by atomic mass is 10.2. The molecule has 0 aliphatic heterocycles. The van der Waals surface area contributed by atoms with Gasteiger partial charge in [0.25, 0.3) is 0 Å². The summed E-state index contributed by atoms with van der Waals surface area (Å²) >= 11 is 0. The Morgan fingerprint density at radius 3 is 2.38 bits per heavy atom. The van der Waals surface area contributed by atoms with E-state index in [1.807, 2.05) is 0 Å². The Bertz CT molecular complexity index is 384. The molecule has 1 heterocycles. The van der Waals surface area contributed by atoms with Gasteiger partial charge >= 0.3 is 12.1 Å². The fraction of sp³-hybridized carbons (Fsp3) is 0.444. The minimum Gasteiger partial charge on any atom is -0.478 e. The van der Waals surface area contributed by atoms with Crippen molar-refractivity contribution >= 4 is 5.97 Å². The van der Waals surface area contributed by atoms with Gasteiger partial charge in [0.1, 0.15) is 0 Å². The lowest BCUT2D eigenvalue weighted by Gasteiger charge is -2.04.